The Morgan fingerprint density at radius 1 is 1.50 bits per heavy atom. The number of hydrogen-bond donors (Lipinski definition) is 1. The van der Waals surface area contributed by atoms with Crippen molar-refractivity contribution in [2.45, 2.75) is 45.1 Å². The fourth-order valence-corrected chi connectivity index (χ4v) is 2.00. The normalized spacial score (nSPS) is 33.0. The lowest BCUT2D eigenvalue weighted by molar-refractivity contribution is 0.0888. The standard InChI is InChI=1S/C11H19NO2/c1-8-5-9(6-8)7-12-10(13)14-11(2)3-4-11/h8-9H,3-7H2,1-2H3,(H,12,13). The van der Waals surface area contributed by atoms with E-state index in [4.69, 9.17) is 4.74 Å². The van der Waals surface area contributed by atoms with Crippen LogP contribution >= 0.6 is 0 Å². The fourth-order valence-electron chi connectivity index (χ4n) is 2.00. The van der Waals surface area contributed by atoms with E-state index in [2.05, 4.69) is 12.2 Å². The summed E-state index contributed by atoms with van der Waals surface area (Å²) in [7, 11) is 0. The first kappa shape index (κ1) is 9.81. The van der Waals surface area contributed by atoms with Crippen molar-refractivity contribution in [1.29, 1.82) is 0 Å². The fraction of sp³-hybridized carbons (Fsp3) is 0.909. The quantitative estimate of drug-likeness (QED) is 0.754. The second-order valence-electron chi connectivity index (χ2n) is 5.16. The minimum absolute atomic E-state index is 0.142. The summed E-state index contributed by atoms with van der Waals surface area (Å²) in [5.74, 6) is 1.53. The smallest absolute Gasteiger partial charge is 0.407 e. The molecule has 0 aromatic rings. The van der Waals surface area contributed by atoms with Crippen LogP contribution in [0.25, 0.3) is 0 Å². The molecule has 0 radical (unpaired) electrons. The summed E-state index contributed by atoms with van der Waals surface area (Å²) in [6, 6.07) is 0. The van der Waals surface area contributed by atoms with E-state index in [9.17, 15) is 4.79 Å². The second kappa shape index (κ2) is 3.44. The summed E-state index contributed by atoms with van der Waals surface area (Å²) in [5, 5.41) is 2.84. The molecule has 1 amide bonds. The Morgan fingerprint density at radius 2 is 2.14 bits per heavy atom. The minimum Gasteiger partial charge on any atom is -0.443 e. The van der Waals surface area contributed by atoms with E-state index >= 15 is 0 Å². The van der Waals surface area contributed by atoms with E-state index in [1.807, 2.05) is 6.92 Å². The van der Waals surface area contributed by atoms with E-state index in [0.717, 1.165) is 25.3 Å². The highest BCUT2D eigenvalue weighted by Crippen LogP contribution is 2.38. The van der Waals surface area contributed by atoms with E-state index in [0.29, 0.717) is 5.92 Å². The summed E-state index contributed by atoms with van der Waals surface area (Å²) in [4.78, 5) is 11.3. The third kappa shape index (κ3) is 2.40. The van der Waals surface area contributed by atoms with Gasteiger partial charge in [-0.15, -0.1) is 0 Å². The zero-order valence-corrected chi connectivity index (χ0v) is 9.01. The van der Waals surface area contributed by atoms with Crippen molar-refractivity contribution in [2.24, 2.45) is 11.8 Å². The van der Waals surface area contributed by atoms with E-state index < -0.39 is 0 Å². The van der Waals surface area contributed by atoms with Crippen LogP contribution in [0.3, 0.4) is 0 Å². The SMILES string of the molecule is CC1CC(CNC(=O)OC2(C)CC2)C1. The molecule has 2 aliphatic carbocycles. The molecule has 0 aliphatic heterocycles. The highest BCUT2D eigenvalue weighted by Gasteiger charge is 2.41. The van der Waals surface area contributed by atoms with Crippen LogP contribution in [0.15, 0.2) is 0 Å². The van der Waals surface area contributed by atoms with E-state index in [-0.39, 0.29) is 11.7 Å². The van der Waals surface area contributed by atoms with Crippen molar-refractivity contribution in [3.8, 4) is 0 Å². The summed E-state index contributed by atoms with van der Waals surface area (Å²) in [5.41, 5.74) is -0.142. The first-order valence-electron chi connectivity index (χ1n) is 5.54. The minimum atomic E-state index is -0.232. The first-order valence-corrected chi connectivity index (χ1v) is 5.54. The summed E-state index contributed by atoms with van der Waals surface area (Å²) in [6.07, 6.45) is 4.29. The zero-order chi connectivity index (χ0) is 10.2. The van der Waals surface area contributed by atoms with Gasteiger partial charge in [-0.05, 0) is 44.4 Å². The Hall–Kier alpha value is -0.730. The lowest BCUT2D eigenvalue weighted by atomic mass is 9.76. The van der Waals surface area contributed by atoms with Crippen molar-refractivity contribution >= 4 is 6.09 Å². The molecule has 2 rings (SSSR count). The Kier molecular flexibility index (Phi) is 2.41. The van der Waals surface area contributed by atoms with Gasteiger partial charge in [0.05, 0.1) is 0 Å². The molecule has 2 fully saturated rings. The van der Waals surface area contributed by atoms with Crippen LogP contribution in [0.4, 0.5) is 4.79 Å². The van der Waals surface area contributed by atoms with Gasteiger partial charge in [-0.1, -0.05) is 6.92 Å². The van der Waals surface area contributed by atoms with Crippen LogP contribution in [0.2, 0.25) is 0 Å². The second-order valence-corrected chi connectivity index (χ2v) is 5.16. The first-order chi connectivity index (χ1) is 6.57. The van der Waals surface area contributed by atoms with Crippen molar-refractivity contribution < 1.29 is 9.53 Å². The molecule has 3 heteroatoms. The molecule has 80 valence electrons. The molecular formula is C11H19NO2. The largest absolute Gasteiger partial charge is 0.443 e. The molecule has 0 heterocycles. The Morgan fingerprint density at radius 3 is 2.64 bits per heavy atom. The maximum absolute atomic E-state index is 11.3. The number of ether oxygens (including phenoxy) is 1. The molecule has 0 saturated heterocycles. The Labute approximate surface area is 85.2 Å². The van der Waals surface area contributed by atoms with Crippen molar-refractivity contribution in [2.75, 3.05) is 6.54 Å². The molecule has 1 N–H and O–H groups in total. The van der Waals surface area contributed by atoms with Crippen LogP contribution in [-0.4, -0.2) is 18.2 Å². The molecule has 0 bridgehead atoms. The maximum Gasteiger partial charge on any atom is 0.407 e. The number of alkyl carbamates (subject to hydrolysis) is 1. The average molecular weight is 197 g/mol. The highest BCUT2D eigenvalue weighted by atomic mass is 16.6. The lowest BCUT2D eigenvalue weighted by Crippen LogP contribution is -2.36. The number of amides is 1. The number of nitrogens with one attached hydrogen (secondary N) is 1. The van der Waals surface area contributed by atoms with Crippen molar-refractivity contribution in [3.05, 3.63) is 0 Å². The molecule has 3 nitrogen and oxygen atoms in total. The monoisotopic (exact) mass is 197 g/mol. The van der Waals surface area contributed by atoms with Crippen LogP contribution in [-0.2, 0) is 4.74 Å². The van der Waals surface area contributed by atoms with Crippen LogP contribution in [0.1, 0.15) is 39.5 Å². The van der Waals surface area contributed by atoms with Gasteiger partial charge in [-0.25, -0.2) is 4.79 Å². The van der Waals surface area contributed by atoms with Gasteiger partial charge in [-0.2, -0.15) is 0 Å². The number of hydrogen-bond acceptors (Lipinski definition) is 2. The third-order valence-electron chi connectivity index (χ3n) is 3.30. The zero-order valence-electron chi connectivity index (χ0n) is 9.01. The van der Waals surface area contributed by atoms with Crippen molar-refractivity contribution in [3.63, 3.8) is 0 Å². The molecule has 0 atom stereocenters. The lowest BCUT2D eigenvalue weighted by Gasteiger charge is -2.32. The van der Waals surface area contributed by atoms with Gasteiger partial charge >= 0.3 is 6.09 Å². The number of carbonyl (C=O) groups excluding carboxylic acids is 1. The average Bonchev–Trinajstić information content (AvgIpc) is 2.75. The molecule has 0 unspecified atom stereocenters. The Balaban J connectivity index is 1.58. The molecule has 0 aromatic heterocycles. The topological polar surface area (TPSA) is 38.3 Å². The van der Waals surface area contributed by atoms with Crippen LogP contribution in [0.5, 0.6) is 0 Å². The Bertz CT molecular complexity index is 229. The predicted octanol–water partition coefficient (Wildman–Crippen LogP) is 2.31. The van der Waals surface area contributed by atoms with E-state index in [1.54, 1.807) is 0 Å². The molecule has 0 aromatic carbocycles. The predicted molar refractivity (Wildman–Crippen MR) is 54.0 cm³/mol. The van der Waals surface area contributed by atoms with E-state index in [1.165, 1.54) is 12.8 Å². The van der Waals surface area contributed by atoms with Gasteiger partial charge < -0.3 is 10.1 Å². The molecular weight excluding hydrogens is 178 g/mol. The summed E-state index contributed by atoms with van der Waals surface area (Å²) < 4.78 is 5.24. The maximum atomic E-state index is 11.3. The molecule has 2 aliphatic rings. The number of rotatable bonds is 3. The highest BCUT2D eigenvalue weighted by molar-refractivity contribution is 5.68. The number of carbonyl (C=O) groups is 1. The van der Waals surface area contributed by atoms with Gasteiger partial charge in [0, 0.05) is 6.54 Å². The van der Waals surface area contributed by atoms with Crippen LogP contribution in [0, 0.1) is 11.8 Å². The van der Waals surface area contributed by atoms with Crippen LogP contribution < -0.4 is 5.32 Å². The molecule has 14 heavy (non-hydrogen) atoms. The van der Waals surface area contributed by atoms with Crippen molar-refractivity contribution in [1.82, 2.24) is 5.32 Å². The van der Waals surface area contributed by atoms with Gasteiger partial charge in [-0.3, -0.25) is 0 Å². The summed E-state index contributed by atoms with van der Waals surface area (Å²) in [6.45, 7) is 5.03. The van der Waals surface area contributed by atoms with Gasteiger partial charge in [0.25, 0.3) is 0 Å². The summed E-state index contributed by atoms with van der Waals surface area (Å²) >= 11 is 0. The third-order valence-corrected chi connectivity index (χ3v) is 3.30. The molecule has 0 spiro atoms. The van der Waals surface area contributed by atoms with Gasteiger partial charge in [0.1, 0.15) is 5.60 Å². The van der Waals surface area contributed by atoms with Gasteiger partial charge in [0.2, 0.25) is 0 Å². The molecule has 2 saturated carbocycles. The van der Waals surface area contributed by atoms with Gasteiger partial charge in [0.15, 0.2) is 0 Å².